The first-order valence-corrected chi connectivity index (χ1v) is 13.0. The first kappa shape index (κ1) is 25.4. The number of allylic oxidation sites excluding steroid dienone is 3. The topological polar surface area (TPSA) is 93.9 Å². The SMILES string of the molecule is COC1=CC(c2ccc3[nH]nc(-c4cc5c(-c6cc(F)cc(NCCN(C)C)c6)nccc5[nH]4)c3c2)=CNC=C1. The predicted octanol–water partition coefficient (Wildman–Crippen LogP) is 5.87. The van der Waals surface area contributed by atoms with Crippen molar-refractivity contribution in [2.45, 2.75) is 0 Å². The lowest BCUT2D eigenvalue weighted by molar-refractivity contribution is 0.307. The monoisotopic (exact) mass is 535 g/mol. The highest BCUT2D eigenvalue weighted by Crippen LogP contribution is 2.35. The summed E-state index contributed by atoms with van der Waals surface area (Å²) in [5.41, 5.74) is 7.60. The molecule has 9 heteroatoms. The normalized spacial score (nSPS) is 13.3. The zero-order chi connectivity index (χ0) is 27.6. The van der Waals surface area contributed by atoms with E-state index in [1.165, 1.54) is 12.1 Å². The average Bonchev–Trinajstić information content (AvgIpc) is 3.48. The molecule has 1 aliphatic heterocycles. The van der Waals surface area contributed by atoms with Crippen LogP contribution in [0.1, 0.15) is 5.56 Å². The van der Waals surface area contributed by atoms with Crippen LogP contribution in [0.2, 0.25) is 0 Å². The van der Waals surface area contributed by atoms with Gasteiger partial charge >= 0.3 is 0 Å². The van der Waals surface area contributed by atoms with Gasteiger partial charge in [-0.05, 0) is 74.3 Å². The van der Waals surface area contributed by atoms with E-state index in [0.717, 1.165) is 62.3 Å². The molecule has 0 unspecified atom stereocenters. The van der Waals surface area contributed by atoms with Crippen LogP contribution >= 0.6 is 0 Å². The van der Waals surface area contributed by atoms with Crippen molar-refractivity contribution in [3.63, 3.8) is 0 Å². The summed E-state index contributed by atoms with van der Waals surface area (Å²) < 4.78 is 20.1. The fourth-order valence-electron chi connectivity index (χ4n) is 4.87. The van der Waals surface area contributed by atoms with Gasteiger partial charge in [-0.2, -0.15) is 5.10 Å². The van der Waals surface area contributed by atoms with E-state index in [1.54, 1.807) is 13.3 Å². The number of nitrogens with one attached hydrogen (secondary N) is 4. The van der Waals surface area contributed by atoms with Crippen LogP contribution < -0.4 is 10.6 Å². The number of hydrogen-bond donors (Lipinski definition) is 4. The minimum absolute atomic E-state index is 0.312. The highest BCUT2D eigenvalue weighted by atomic mass is 19.1. The lowest BCUT2D eigenvalue weighted by Crippen LogP contribution is -2.20. The van der Waals surface area contributed by atoms with Gasteiger partial charge in [0.15, 0.2) is 0 Å². The number of pyridine rings is 1. The molecule has 5 aromatic rings. The smallest absolute Gasteiger partial charge is 0.125 e. The molecule has 2 aromatic carbocycles. The standard InChI is InChI=1S/C31H30FN7O/c1-39(2)11-10-34-23-13-20(12-22(32)16-23)30-26-17-29(36-27(26)7-9-35-30)31-25-15-19(4-5-28(25)37-38-31)21-14-24(40-3)6-8-33-18-21/h4-9,12-18,33-34,36H,10-11H2,1-3H3,(H,37,38). The number of anilines is 1. The van der Waals surface area contributed by atoms with Gasteiger partial charge in [-0.1, -0.05) is 6.07 Å². The summed E-state index contributed by atoms with van der Waals surface area (Å²) in [6, 6.07) is 15.1. The van der Waals surface area contributed by atoms with E-state index in [4.69, 9.17) is 4.74 Å². The Hall–Kier alpha value is -4.89. The molecule has 0 fully saturated rings. The second-order valence-electron chi connectivity index (χ2n) is 9.95. The third kappa shape index (κ3) is 5.06. The number of rotatable bonds is 8. The molecule has 0 spiro atoms. The number of hydrogen-bond acceptors (Lipinski definition) is 6. The maximum Gasteiger partial charge on any atom is 0.125 e. The highest BCUT2D eigenvalue weighted by Gasteiger charge is 2.16. The van der Waals surface area contributed by atoms with Gasteiger partial charge in [0.2, 0.25) is 0 Å². The van der Waals surface area contributed by atoms with Crippen molar-refractivity contribution in [2.75, 3.05) is 39.6 Å². The zero-order valence-corrected chi connectivity index (χ0v) is 22.5. The maximum absolute atomic E-state index is 14.6. The van der Waals surface area contributed by atoms with E-state index in [1.807, 2.05) is 69.0 Å². The number of halogens is 1. The number of likely N-dealkylation sites (N-methyl/N-ethyl adjacent to an activating group) is 1. The van der Waals surface area contributed by atoms with Crippen LogP contribution in [0.15, 0.2) is 85.0 Å². The van der Waals surface area contributed by atoms with Gasteiger partial charge in [-0.3, -0.25) is 10.1 Å². The van der Waals surface area contributed by atoms with E-state index < -0.39 is 0 Å². The van der Waals surface area contributed by atoms with Crippen molar-refractivity contribution in [3.05, 3.63) is 96.4 Å². The molecule has 40 heavy (non-hydrogen) atoms. The van der Waals surface area contributed by atoms with Crippen LogP contribution in [0, 0.1) is 5.82 Å². The van der Waals surface area contributed by atoms with Crippen molar-refractivity contribution < 1.29 is 9.13 Å². The molecule has 0 amide bonds. The molecule has 4 N–H and O–H groups in total. The zero-order valence-electron chi connectivity index (χ0n) is 22.5. The molecule has 0 saturated carbocycles. The summed E-state index contributed by atoms with van der Waals surface area (Å²) >= 11 is 0. The highest BCUT2D eigenvalue weighted by molar-refractivity contribution is 6.01. The summed E-state index contributed by atoms with van der Waals surface area (Å²) in [7, 11) is 5.67. The maximum atomic E-state index is 14.6. The van der Waals surface area contributed by atoms with E-state index >= 15 is 0 Å². The Morgan fingerprint density at radius 1 is 0.975 bits per heavy atom. The van der Waals surface area contributed by atoms with E-state index in [2.05, 4.69) is 41.8 Å². The van der Waals surface area contributed by atoms with E-state index in [9.17, 15) is 4.39 Å². The largest absolute Gasteiger partial charge is 0.497 e. The molecule has 0 saturated heterocycles. The first-order valence-electron chi connectivity index (χ1n) is 13.0. The van der Waals surface area contributed by atoms with Crippen molar-refractivity contribution in [1.82, 2.24) is 30.4 Å². The number of methoxy groups -OCH3 is 1. The van der Waals surface area contributed by atoms with Crippen LogP contribution in [0.5, 0.6) is 0 Å². The Balaban J connectivity index is 1.39. The Labute approximate surface area is 231 Å². The summed E-state index contributed by atoms with van der Waals surface area (Å²) in [6.07, 6.45) is 9.38. The Morgan fingerprint density at radius 2 is 1.85 bits per heavy atom. The van der Waals surface area contributed by atoms with Gasteiger partial charge in [-0.25, -0.2) is 4.39 Å². The molecule has 0 radical (unpaired) electrons. The van der Waals surface area contributed by atoms with Gasteiger partial charge in [0.05, 0.1) is 24.0 Å². The molecule has 8 nitrogen and oxygen atoms in total. The second kappa shape index (κ2) is 10.7. The first-order chi connectivity index (χ1) is 19.5. The summed E-state index contributed by atoms with van der Waals surface area (Å²) in [5.74, 6) is 0.446. The number of nitrogens with zero attached hydrogens (tertiary/aromatic N) is 3. The minimum atomic E-state index is -0.312. The molecule has 0 aliphatic carbocycles. The lowest BCUT2D eigenvalue weighted by atomic mass is 10.0. The molecular formula is C31H30FN7O. The van der Waals surface area contributed by atoms with Crippen molar-refractivity contribution in [3.8, 4) is 22.6 Å². The minimum Gasteiger partial charge on any atom is -0.497 e. The molecule has 3 aromatic heterocycles. The van der Waals surface area contributed by atoms with Crippen LogP contribution in [0.4, 0.5) is 10.1 Å². The van der Waals surface area contributed by atoms with Crippen LogP contribution in [0.3, 0.4) is 0 Å². The Kier molecular flexibility index (Phi) is 6.79. The number of fused-ring (bicyclic) bond motifs is 2. The molecule has 4 heterocycles. The van der Waals surface area contributed by atoms with Gasteiger partial charge in [0.1, 0.15) is 17.3 Å². The third-order valence-electron chi connectivity index (χ3n) is 6.87. The van der Waals surface area contributed by atoms with Crippen LogP contribution in [-0.4, -0.2) is 59.4 Å². The van der Waals surface area contributed by atoms with Crippen LogP contribution in [-0.2, 0) is 4.74 Å². The summed E-state index contributed by atoms with van der Waals surface area (Å²) in [6.45, 7) is 1.55. The lowest BCUT2D eigenvalue weighted by Gasteiger charge is -2.12. The molecule has 1 aliphatic rings. The quantitative estimate of drug-likeness (QED) is 0.199. The second-order valence-corrected chi connectivity index (χ2v) is 9.95. The fraction of sp³-hybridized carbons (Fsp3) is 0.161. The number of benzene rings is 2. The molecule has 0 bridgehead atoms. The van der Waals surface area contributed by atoms with Gasteiger partial charge in [0, 0.05) is 64.8 Å². The fourth-order valence-corrected chi connectivity index (χ4v) is 4.87. The van der Waals surface area contributed by atoms with E-state index in [0.29, 0.717) is 17.8 Å². The predicted molar refractivity (Wildman–Crippen MR) is 159 cm³/mol. The molecule has 202 valence electrons. The number of aromatic amines is 2. The van der Waals surface area contributed by atoms with Crippen molar-refractivity contribution >= 4 is 33.1 Å². The molecule has 0 atom stereocenters. The van der Waals surface area contributed by atoms with Gasteiger partial charge < -0.3 is 25.3 Å². The third-order valence-corrected chi connectivity index (χ3v) is 6.87. The molecule has 6 rings (SSSR count). The molecular weight excluding hydrogens is 505 g/mol. The van der Waals surface area contributed by atoms with E-state index in [-0.39, 0.29) is 5.82 Å². The Morgan fingerprint density at radius 3 is 2.70 bits per heavy atom. The van der Waals surface area contributed by atoms with Crippen molar-refractivity contribution in [2.24, 2.45) is 0 Å². The Bertz CT molecular complexity index is 1790. The average molecular weight is 536 g/mol. The summed E-state index contributed by atoms with van der Waals surface area (Å²) in [4.78, 5) is 10.2. The number of aromatic nitrogens is 4. The summed E-state index contributed by atoms with van der Waals surface area (Å²) in [5, 5.41) is 16.1. The van der Waals surface area contributed by atoms with Crippen LogP contribution in [0.25, 0.3) is 50.0 Å². The van der Waals surface area contributed by atoms with Crippen molar-refractivity contribution in [1.29, 1.82) is 0 Å². The number of ether oxygens (including phenoxy) is 1. The van der Waals surface area contributed by atoms with Gasteiger partial charge in [-0.15, -0.1) is 0 Å². The van der Waals surface area contributed by atoms with Gasteiger partial charge in [0.25, 0.3) is 0 Å². The number of H-pyrrole nitrogens is 2.